The van der Waals surface area contributed by atoms with Crippen molar-refractivity contribution >= 4 is 17.6 Å². The maximum absolute atomic E-state index is 12.6. The van der Waals surface area contributed by atoms with Gasteiger partial charge in [0.2, 0.25) is 5.88 Å². The number of hydrogen-bond donors (Lipinski definition) is 2. The molecule has 6 nitrogen and oxygen atoms in total. The van der Waals surface area contributed by atoms with Gasteiger partial charge >= 0.3 is 6.18 Å². The van der Waals surface area contributed by atoms with Crippen LogP contribution in [0.4, 0.5) is 13.2 Å². The van der Waals surface area contributed by atoms with E-state index < -0.39 is 11.7 Å². The summed E-state index contributed by atoms with van der Waals surface area (Å²) in [6.07, 6.45) is -1.77. The zero-order chi connectivity index (χ0) is 21.4. The number of guanidine groups is 1. The molecule has 1 aliphatic heterocycles. The van der Waals surface area contributed by atoms with E-state index in [9.17, 15) is 13.2 Å². The summed E-state index contributed by atoms with van der Waals surface area (Å²) in [5, 5.41) is 6.32. The molecule has 1 aromatic heterocycles. The quantitative estimate of drug-likeness (QED) is 0.299. The van der Waals surface area contributed by atoms with Crippen molar-refractivity contribution in [2.24, 2.45) is 4.99 Å². The van der Waals surface area contributed by atoms with Crippen LogP contribution in [0.2, 0.25) is 5.02 Å². The van der Waals surface area contributed by atoms with Gasteiger partial charge in [0.05, 0.1) is 12.1 Å². The Morgan fingerprint density at radius 2 is 2.10 bits per heavy atom. The van der Waals surface area contributed by atoms with E-state index in [-0.39, 0.29) is 17.5 Å². The summed E-state index contributed by atoms with van der Waals surface area (Å²) in [6.45, 7) is 9.49. The fourth-order valence-corrected chi connectivity index (χ4v) is 3.23. The first-order valence-electron chi connectivity index (χ1n) is 9.38. The summed E-state index contributed by atoms with van der Waals surface area (Å²) in [7, 11) is 1.68. The predicted octanol–water partition coefficient (Wildman–Crippen LogP) is 3.34. The standard InChI is InChI=1S/C19H27ClF3N5O/c1-13(2)12-28-7-4-15(5-8-28)27-18(24-3)25-6-9-29-17-16(20)10-14(11-26-17)19(21,22)23/h10-11,15H,1,4-9,12H2,2-3H3,(H2,24,25,27). The lowest BCUT2D eigenvalue weighted by molar-refractivity contribution is -0.137. The van der Waals surface area contributed by atoms with Gasteiger partial charge in [0, 0.05) is 38.9 Å². The predicted molar refractivity (Wildman–Crippen MR) is 109 cm³/mol. The first kappa shape index (κ1) is 23.3. The summed E-state index contributed by atoms with van der Waals surface area (Å²) < 4.78 is 43.3. The molecule has 0 atom stereocenters. The van der Waals surface area contributed by atoms with E-state index in [1.54, 1.807) is 7.05 Å². The van der Waals surface area contributed by atoms with Crippen LogP contribution in [0.3, 0.4) is 0 Å². The van der Waals surface area contributed by atoms with Gasteiger partial charge in [-0.1, -0.05) is 23.8 Å². The summed E-state index contributed by atoms with van der Waals surface area (Å²) in [5.74, 6) is 0.618. The van der Waals surface area contributed by atoms with E-state index in [0.29, 0.717) is 24.7 Å². The number of pyridine rings is 1. The molecule has 0 unspecified atom stereocenters. The molecule has 0 aliphatic carbocycles. The number of aromatic nitrogens is 1. The number of piperidine rings is 1. The molecule has 1 fully saturated rings. The third-order valence-electron chi connectivity index (χ3n) is 4.41. The third-order valence-corrected chi connectivity index (χ3v) is 4.68. The largest absolute Gasteiger partial charge is 0.475 e. The molecule has 0 radical (unpaired) electrons. The second-order valence-electron chi connectivity index (χ2n) is 7.01. The van der Waals surface area contributed by atoms with Crippen molar-refractivity contribution < 1.29 is 17.9 Å². The van der Waals surface area contributed by atoms with Crippen molar-refractivity contribution in [3.63, 3.8) is 0 Å². The van der Waals surface area contributed by atoms with Crippen LogP contribution in [0.1, 0.15) is 25.3 Å². The van der Waals surface area contributed by atoms with Gasteiger partial charge in [-0.05, 0) is 25.8 Å². The highest BCUT2D eigenvalue weighted by atomic mass is 35.5. The SMILES string of the molecule is C=C(C)CN1CCC(NC(=NC)NCCOc2ncc(C(F)(F)F)cc2Cl)CC1. The van der Waals surface area contributed by atoms with Gasteiger partial charge in [0.25, 0.3) is 0 Å². The summed E-state index contributed by atoms with van der Waals surface area (Å²) in [6, 6.07) is 1.13. The number of nitrogens with zero attached hydrogens (tertiary/aromatic N) is 3. The summed E-state index contributed by atoms with van der Waals surface area (Å²) >= 11 is 5.82. The Morgan fingerprint density at radius 1 is 1.41 bits per heavy atom. The van der Waals surface area contributed by atoms with Crippen LogP contribution >= 0.6 is 11.6 Å². The highest BCUT2D eigenvalue weighted by Gasteiger charge is 2.31. The van der Waals surface area contributed by atoms with E-state index in [4.69, 9.17) is 16.3 Å². The number of aliphatic imine (C=N–C) groups is 1. The lowest BCUT2D eigenvalue weighted by Crippen LogP contribution is -2.49. The lowest BCUT2D eigenvalue weighted by atomic mass is 10.0. The van der Waals surface area contributed by atoms with Crippen LogP contribution in [0.5, 0.6) is 5.88 Å². The number of rotatable bonds is 7. The molecule has 0 amide bonds. The van der Waals surface area contributed by atoms with Crippen LogP contribution in [-0.4, -0.2) is 61.7 Å². The maximum atomic E-state index is 12.6. The van der Waals surface area contributed by atoms with Crippen molar-refractivity contribution in [2.45, 2.75) is 32.0 Å². The fraction of sp³-hybridized carbons (Fsp3) is 0.579. The first-order valence-corrected chi connectivity index (χ1v) is 9.76. The van der Waals surface area contributed by atoms with Crippen molar-refractivity contribution in [1.82, 2.24) is 20.5 Å². The van der Waals surface area contributed by atoms with Crippen molar-refractivity contribution in [2.75, 3.05) is 39.8 Å². The Labute approximate surface area is 174 Å². The Morgan fingerprint density at radius 3 is 2.66 bits per heavy atom. The third kappa shape index (κ3) is 7.74. The van der Waals surface area contributed by atoms with Crippen LogP contribution in [0.15, 0.2) is 29.4 Å². The van der Waals surface area contributed by atoms with Crippen LogP contribution < -0.4 is 15.4 Å². The van der Waals surface area contributed by atoms with Gasteiger partial charge in [-0.2, -0.15) is 13.2 Å². The maximum Gasteiger partial charge on any atom is 0.417 e. The van der Waals surface area contributed by atoms with Crippen molar-refractivity contribution in [3.8, 4) is 5.88 Å². The molecule has 0 spiro atoms. The molecule has 0 bridgehead atoms. The normalized spacial score (nSPS) is 16.6. The first-order chi connectivity index (χ1) is 13.7. The van der Waals surface area contributed by atoms with Gasteiger partial charge in [0.1, 0.15) is 11.6 Å². The molecule has 2 N–H and O–H groups in total. The van der Waals surface area contributed by atoms with Crippen molar-refractivity contribution in [3.05, 3.63) is 35.0 Å². The summed E-state index contributed by atoms with van der Waals surface area (Å²) in [5.41, 5.74) is 0.253. The van der Waals surface area contributed by atoms with E-state index in [0.717, 1.165) is 44.1 Å². The highest BCUT2D eigenvalue weighted by molar-refractivity contribution is 6.31. The van der Waals surface area contributed by atoms with Gasteiger partial charge in [-0.25, -0.2) is 4.98 Å². The number of halogens is 4. The van der Waals surface area contributed by atoms with Gasteiger partial charge in [-0.3, -0.25) is 9.89 Å². The van der Waals surface area contributed by atoms with Crippen LogP contribution in [-0.2, 0) is 6.18 Å². The van der Waals surface area contributed by atoms with E-state index in [1.807, 2.05) is 6.92 Å². The molecule has 29 heavy (non-hydrogen) atoms. The Balaban J connectivity index is 1.72. The molecular formula is C19H27ClF3N5O. The van der Waals surface area contributed by atoms with E-state index >= 15 is 0 Å². The molecule has 2 heterocycles. The zero-order valence-electron chi connectivity index (χ0n) is 16.7. The minimum absolute atomic E-state index is 0.0331. The van der Waals surface area contributed by atoms with Gasteiger partial charge in [-0.15, -0.1) is 0 Å². The van der Waals surface area contributed by atoms with Gasteiger partial charge in [0.15, 0.2) is 5.96 Å². The average Bonchev–Trinajstić information content (AvgIpc) is 2.65. The molecule has 1 aliphatic rings. The molecule has 0 saturated carbocycles. The Kier molecular flexibility index (Phi) is 8.58. The van der Waals surface area contributed by atoms with Crippen LogP contribution in [0, 0.1) is 0 Å². The second-order valence-corrected chi connectivity index (χ2v) is 7.42. The Bertz CT molecular complexity index is 718. The molecule has 1 saturated heterocycles. The van der Waals surface area contributed by atoms with E-state index in [1.165, 1.54) is 0 Å². The number of likely N-dealkylation sites (tertiary alicyclic amines) is 1. The smallest absolute Gasteiger partial charge is 0.417 e. The molecule has 10 heteroatoms. The number of hydrogen-bond acceptors (Lipinski definition) is 4. The number of alkyl halides is 3. The molecule has 162 valence electrons. The Hall–Kier alpha value is -2.00. The zero-order valence-corrected chi connectivity index (χ0v) is 17.4. The molecule has 2 rings (SSSR count). The summed E-state index contributed by atoms with van der Waals surface area (Å²) in [4.78, 5) is 10.2. The van der Waals surface area contributed by atoms with Crippen molar-refractivity contribution in [1.29, 1.82) is 0 Å². The molecule has 1 aromatic rings. The minimum Gasteiger partial charge on any atom is -0.475 e. The highest BCUT2D eigenvalue weighted by Crippen LogP contribution is 2.32. The molecule has 0 aromatic carbocycles. The number of nitrogens with one attached hydrogen (secondary N) is 2. The van der Waals surface area contributed by atoms with Gasteiger partial charge < -0.3 is 15.4 Å². The average molecular weight is 434 g/mol. The topological polar surface area (TPSA) is 61.8 Å². The minimum atomic E-state index is -4.49. The van der Waals surface area contributed by atoms with Crippen LogP contribution in [0.25, 0.3) is 0 Å². The number of ether oxygens (including phenoxy) is 1. The monoisotopic (exact) mass is 433 g/mol. The fourth-order valence-electron chi connectivity index (χ4n) is 3.01. The van der Waals surface area contributed by atoms with E-state index in [2.05, 4.69) is 32.1 Å². The molecular weight excluding hydrogens is 407 g/mol. The second kappa shape index (κ2) is 10.7. The lowest BCUT2D eigenvalue weighted by Gasteiger charge is -2.33.